The van der Waals surface area contributed by atoms with Crippen molar-refractivity contribution in [3.63, 3.8) is 0 Å². The fourth-order valence-electron chi connectivity index (χ4n) is 2.89. The van der Waals surface area contributed by atoms with E-state index in [1.54, 1.807) is 26.0 Å². The number of fused-ring (bicyclic) bond motifs is 1. The first kappa shape index (κ1) is 17.6. The molecule has 1 unspecified atom stereocenters. The second kappa shape index (κ2) is 5.97. The Morgan fingerprint density at radius 2 is 1.92 bits per heavy atom. The molecule has 25 heavy (non-hydrogen) atoms. The highest BCUT2D eigenvalue weighted by atomic mass is 32.2. The molecule has 0 spiro atoms. The van der Waals surface area contributed by atoms with E-state index in [0.29, 0.717) is 11.0 Å². The molecule has 2 aromatic rings. The van der Waals surface area contributed by atoms with Crippen LogP contribution in [0, 0.1) is 0 Å². The smallest absolute Gasteiger partial charge is 0.307 e. The molecule has 7 nitrogen and oxygen atoms in total. The summed E-state index contributed by atoms with van der Waals surface area (Å²) in [6.07, 6.45) is 1.40. The number of benzene rings is 1. The summed E-state index contributed by atoms with van der Waals surface area (Å²) in [5, 5.41) is 2.91. The van der Waals surface area contributed by atoms with E-state index in [-0.39, 0.29) is 16.0 Å². The third-order valence-corrected chi connectivity index (χ3v) is 8.39. The van der Waals surface area contributed by atoms with Crippen LogP contribution in [0.2, 0.25) is 0 Å². The number of pyridine rings is 1. The van der Waals surface area contributed by atoms with Crippen LogP contribution in [0.25, 0.3) is 0 Å². The minimum Gasteiger partial charge on any atom is -0.307 e. The number of carbonyl (C=O) groups is 1. The average Bonchev–Trinajstić information content (AvgIpc) is 2.54. The van der Waals surface area contributed by atoms with Crippen molar-refractivity contribution in [3.05, 3.63) is 42.6 Å². The fourth-order valence-corrected chi connectivity index (χ4v) is 6.66. The van der Waals surface area contributed by atoms with Gasteiger partial charge in [0.1, 0.15) is 0 Å². The fraction of sp³-hybridized carbons (Fsp3) is 0.250. The first-order valence-corrected chi connectivity index (χ1v) is 11.2. The highest BCUT2D eigenvalue weighted by Gasteiger charge is 2.40. The molecule has 0 saturated heterocycles. The predicted octanol–water partition coefficient (Wildman–Crippen LogP) is 2.70. The molecular weight excluding hydrogens is 361 g/mol. The van der Waals surface area contributed by atoms with Crippen LogP contribution in [0.4, 0.5) is 10.5 Å². The molecule has 0 aliphatic carbocycles. The van der Waals surface area contributed by atoms with Crippen LogP contribution in [-0.4, -0.2) is 36.8 Å². The van der Waals surface area contributed by atoms with Crippen molar-refractivity contribution in [1.29, 1.82) is 0 Å². The van der Waals surface area contributed by atoms with Crippen molar-refractivity contribution in [3.8, 4) is 0 Å². The molecule has 9 heteroatoms. The molecule has 2 amide bonds. The molecule has 1 aromatic carbocycles. The molecule has 1 N–H and O–H groups in total. The first-order valence-electron chi connectivity index (χ1n) is 7.64. The number of sulfone groups is 1. The number of nitrogens with one attached hydrogen (secondary N) is 1. The summed E-state index contributed by atoms with van der Waals surface area (Å²) in [6, 6.07) is 8.10. The zero-order valence-electron chi connectivity index (χ0n) is 14.0. The van der Waals surface area contributed by atoms with Crippen LogP contribution in [0.5, 0.6) is 0 Å². The highest BCUT2D eigenvalue weighted by Crippen LogP contribution is 2.51. The monoisotopic (exact) mass is 379 g/mol. The van der Waals surface area contributed by atoms with Gasteiger partial charge in [0.05, 0.1) is 15.9 Å². The van der Waals surface area contributed by atoms with Crippen molar-refractivity contribution >= 4 is 34.2 Å². The number of nitrogens with zero attached hydrogens (tertiary/aromatic N) is 2. The topological polar surface area (TPSA) is 96.4 Å². The molecule has 0 radical (unpaired) electrons. The number of urea groups is 1. The van der Waals surface area contributed by atoms with E-state index < -0.39 is 23.2 Å². The zero-order valence-corrected chi connectivity index (χ0v) is 15.7. The minimum absolute atomic E-state index is 0.00752. The Balaban J connectivity index is 2.17. The SMILES string of the molecule is CC(C)N1C(=O)Nc2ccc(S(=O)(=O)c3ccccn3)cc2P1(C)=O. The summed E-state index contributed by atoms with van der Waals surface area (Å²) in [6.45, 7) is 4.99. The molecule has 2 heterocycles. The van der Waals surface area contributed by atoms with Crippen molar-refractivity contribution in [1.82, 2.24) is 9.65 Å². The highest BCUT2D eigenvalue weighted by molar-refractivity contribution is 7.91. The van der Waals surface area contributed by atoms with E-state index in [0.717, 1.165) is 0 Å². The average molecular weight is 379 g/mol. The van der Waals surface area contributed by atoms with Gasteiger partial charge in [-0.3, -0.25) is 9.24 Å². The number of aromatic nitrogens is 1. The van der Waals surface area contributed by atoms with E-state index in [1.165, 1.54) is 41.8 Å². The minimum atomic E-state index is -3.84. The Morgan fingerprint density at radius 1 is 1.20 bits per heavy atom. The molecular formula is C16H18N3O4PS. The number of carbonyl (C=O) groups excluding carboxylic acids is 1. The maximum atomic E-state index is 13.3. The lowest BCUT2D eigenvalue weighted by atomic mass is 10.3. The second-order valence-corrected chi connectivity index (χ2v) is 10.7. The van der Waals surface area contributed by atoms with Gasteiger partial charge in [0.2, 0.25) is 17.1 Å². The standard InChI is InChI=1S/C16H18N3O4PS/c1-11(2)19-16(20)18-13-8-7-12(10-14(13)24(19,3)21)25(22,23)15-6-4-5-9-17-15/h4-11H,1-3H3,(H,18,20). The van der Waals surface area contributed by atoms with Crippen molar-refractivity contribution < 1.29 is 17.8 Å². The van der Waals surface area contributed by atoms with Gasteiger partial charge in [0, 0.05) is 18.9 Å². The van der Waals surface area contributed by atoms with Crippen LogP contribution in [0.1, 0.15) is 13.8 Å². The maximum absolute atomic E-state index is 13.3. The molecule has 132 valence electrons. The third kappa shape index (κ3) is 2.85. The Bertz CT molecular complexity index is 990. The van der Waals surface area contributed by atoms with E-state index in [4.69, 9.17) is 0 Å². The lowest BCUT2D eigenvalue weighted by molar-refractivity contribution is 0.229. The summed E-state index contributed by atoms with van der Waals surface area (Å²) in [5.74, 6) is 0. The second-order valence-electron chi connectivity index (χ2n) is 6.10. The van der Waals surface area contributed by atoms with Crippen LogP contribution >= 0.6 is 7.29 Å². The van der Waals surface area contributed by atoms with Gasteiger partial charge >= 0.3 is 6.03 Å². The van der Waals surface area contributed by atoms with Crippen LogP contribution < -0.4 is 10.6 Å². The maximum Gasteiger partial charge on any atom is 0.327 e. The Labute approximate surface area is 146 Å². The zero-order chi connectivity index (χ0) is 18.4. The van der Waals surface area contributed by atoms with Crippen molar-refractivity contribution in [2.24, 2.45) is 0 Å². The van der Waals surface area contributed by atoms with Gasteiger partial charge in [0.25, 0.3) is 0 Å². The van der Waals surface area contributed by atoms with Crippen LogP contribution in [0.15, 0.2) is 52.5 Å². The largest absolute Gasteiger partial charge is 0.327 e. The van der Waals surface area contributed by atoms with Crippen LogP contribution in [-0.2, 0) is 14.4 Å². The third-order valence-electron chi connectivity index (χ3n) is 3.99. The lowest BCUT2D eigenvalue weighted by Crippen LogP contribution is -2.44. The van der Waals surface area contributed by atoms with Gasteiger partial charge in [-0.25, -0.2) is 18.2 Å². The van der Waals surface area contributed by atoms with Gasteiger partial charge in [0.15, 0.2) is 5.03 Å². The summed E-state index contributed by atoms with van der Waals surface area (Å²) < 4.78 is 40.1. The van der Waals surface area contributed by atoms with E-state index in [9.17, 15) is 17.8 Å². The van der Waals surface area contributed by atoms with E-state index >= 15 is 0 Å². The van der Waals surface area contributed by atoms with Gasteiger partial charge < -0.3 is 5.32 Å². The number of rotatable bonds is 3. The summed E-state index contributed by atoms with van der Waals surface area (Å²) >= 11 is 0. The summed E-state index contributed by atoms with van der Waals surface area (Å²) in [7, 11) is -7.09. The molecule has 0 bridgehead atoms. The molecule has 1 aliphatic rings. The number of anilines is 1. The van der Waals surface area contributed by atoms with E-state index in [1.807, 2.05) is 0 Å². The Hall–Kier alpha value is -2.18. The molecule has 1 aliphatic heterocycles. The number of hydrogen-bond acceptors (Lipinski definition) is 5. The normalized spacial score (nSPS) is 20.3. The van der Waals surface area contributed by atoms with E-state index in [2.05, 4.69) is 10.3 Å². The summed E-state index contributed by atoms with van der Waals surface area (Å²) in [5.41, 5.74) is 0.368. The molecule has 0 fully saturated rings. The molecule has 3 rings (SSSR count). The molecule has 0 saturated carbocycles. The number of amides is 2. The Kier molecular flexibility index (Phi) is 4.21. The lowest BCUT2D eigenvalue weighted by Gasteiger charge is -2.37. The Morgan fingerprint density at radius 3 is 2.52 bits per heavy atom. The van der Waals surface area contributed by atoms with Crippen LogP contribution in [0.3, 0.4) is 0 Å². The quantitative estimate of drug-likeness (QED) is 0.827. The molecule has 1 aromatic heterocycles. The van der Waals surface area contributed by atoms with Gasteiger partial charge in [-0.15, -0.1) is 0 Å². The van der Waals surface area contributed by atoms with Gasteiger partial charge in [-0.2, -0.15) is 0 Å². The van der Waals surface area contributed by atoms with Crippen molar-refractivity contribution in [2.75, 3.05) is 12.0 Å². The molecule has 1 atom stereocenters. The van der Waals surface area contributed by atoms with Gasteiger partial charge in [-0.05, 0) is 44.2 Å². The first-order chi connectivity index (χ1) is 11.7. The van der Waals surface area contributed by atoms with Crippen molar-refractivity contribution in [2.45, 2.75) is 29.8 Å². The van der Waals surface area contributed by atoms with Gasteiger partial charge in [-0.1, -0.05) is 6.07 Å². The number of hydrogen-bond donors (Lipinski definition) is 1. The predicted molar refractivity (Wildman–Crippen MR) is 95.3 cm³/mol. The summed E-state index contributed by atoms with van der Waals surface area (Å²) in [4.78, 5) is 16.1.